The summed E-state index contributed by atoms with van der Waals surface area (Å²) in [5.41, 5.74) is 2.78. The van der Waals surface area contributed by atoms with Gasteiger partial charge in [0.15, 0.2) is 17.9 Å². The molecule has 9 heteroatoms. The maximum atomic E-state index is 13.5. The van der Waals surface area contributed by atoms with Gasteiger partial charge in [-0.25, -0.2) is 9.37 Å². The minimum Gasteiger partial charge on any atom is -0.368 e. The second-order valence-corrected chi connectivity index (χ2v) is 11.1. The summed E-state index contributed by atoms with van der Waals surface area (Å²) in [5, 5.41) is 0.852. The molecule has 0 N–H and O–H groups in total. The van der Waals surface area contributed by atoms with E-state index in [1.165, 1.54) is 23.5 Å². The molecule has 3 aromatic rings. The minimum absolute atomic E-state index is 0.255. The average molecular weight is 502 g/mol. The van der Waals surface area contributed by atoms with Crippen LogP contribution in [0.25, 0.3) is 20.8 Å². The molecule has 3 saturated heterocycles. The van der Waals surface area contributed by atoms with Crippen LogP contribution in [-0.4, -0.2) is 53.9 Å². The molecule has 2 aromatic carbocycles. The number of benzene rings is 2. The molecular formula is C26H28FNO6S. The lowest BCUT2D eigenvalue weighted by atomic mass is 10.1. The Labute approximate surface area is 207 Å². The summed E-state index contributed by atoms with van der Waals surface area (Å²) in [7, 11) is 0. The first kappa shape index (κ1) is 23.4. The SMILES string of the molecule is CC1(C)O[C@H]2O[C@H]([C@H]3COC(C)(C)O3)[C@H](OCc3ccc(-c4nc5ccc(F)cc5s4)cc3)[C@H]2O1. The Kier molecular flexibility index (Phi) is 5.72. The molecule has 3 aliphatic rings. The summed E-state index contributed by atoms with van der Waals surface area (Å²) in [4.78, 5) is 4.63. The third-order valence-electron chi connectivity index (χ3n) is 6.42. The molecule has 6 rings (SSSR count). The molecular weight excluding hydrogens is 473 g/mol. The quantitative estimate of drug-likeness (QED) is 0.487. The smallest absolute Gasteiger partial charge is 0.190 e. The van der Waals surface area contributed by atoms with Gasteiger partial charge in [-0.15, -0.1) is 11.3 Å². The number of rotatable bonds is 5. The van der Waals surface area contributed by atoms with Gasteiger partial charge in [0, 0.05) is 5.56 Å². The van der Waals surface area contributed by atoms with E-state index < -0.39 is 17.9 Å². The van der Waals surface area contributed by atoms with Crippen LogP contribution in [0.1, 0.15) is 33.3 Å². The summed E-state index contributed by atoms with van der Waals surface area (Å²) in [6, 6.07) is 12.7. The van der Waals surface area contributed by atoms with E-state index in [9.17, 15) is 4.39 Å². The molecule has 0 unspecified atom stereocenters. The third kappa shape index (κ3) is 4.62. The summed E-state index contributed by atoms with van der Waals surface area (Å²) in [5.74, 6) is -1.66. The highest BCUT2D eigenvalue weighted by atomic mass is 32.1. The zero-order valence-electron chi connectivity index (χ0n) is 20.0. The van der Waals surface area contributed by atoms with Crippen molar-refractivity contribution in [1.29, 1.82) is 0 Å². The molecule has 0 aliphatic carbocycles. The van der Waals surface area contributed by atoms with Gasteiger partial charge in [0.1, 0.15) is 35.2 Å². The van der Waals surface area contributed by atoms with Crippen LogP contribution in [0.3, 0.4) is 0 Å². The van der Waals surface area contributed by atoms with Crippen molar-refractivity contribution in [3.8, 4) is 10.6 Å². The Hall–Kier alpha value is -1.98. The van der Waals surface area contributed by atoms with Gasteiger partial charge in [-0.1, -0.05) is 24.3 Å². The van der Waals surface area contributed by atoms with E-state index in [0.29, 0.717) is 13.2 Å². The van der Waals surface area contributed by atoms with Crippen molar-refractivity contribution in [2.45, 2.75) is 76.6 Å². The van der Waals surface area contributed by atoms with E-state index in [1.807, 2.05) is 52.0 Å². The molecule has 5 atom stereocenters. The van der Waals surface area contributed by atoms with Crippen molar-refractivity contribution in [3.63, 3.8) is 0 Å². The first-order chi connectivity index (χ1) is 16.7. The van der Waals surface area contributed by atoms with Gasteiger partial charge >= 0.3 is 0 Å². The molecule has 0 saturated carbocycles. The van der Waals surface area contributed by atoms with Crippen LogP contribution >= 0.6 is 11.3 Å². The topological polar surface area (TPSA) is 68.3 Å². The Bertz CT molecular complexity index is 1230. The fourth-order valence-corrected chi connectivity index (χ4v) is 5.82. The van der Waals surface area contributed by atoms with E-state index in [0.717, 1.165) is 26.4 Å². The zero-order chi connectivity index (χ0) is 24.4. The van der Waals surface area contributed by atoms with Crippen molar-refractivity contribution in [1.82, 2.24) is 4.98 Å². The van der Waals surface area contributed by atoms with Crippen molar-refractivity contribution in [2.24, 2.45) is 0 Å². The van der Waals surface area contributed by atoms with Crippen molar-refractivity contribution < 1.29 is 32.8 Å². The first-order valence-corrected chi connectivity index (χ1v) is 12.6. The van der Waals surface area contributed by atoms with Gasteiger partial charge in [0.25, 0.3) is 0 Å². The van der Waals surface area contributed by atoms with Crippen LogP contribution in [0.2, 0.25) is 0 Å². The number of ether oxygens (including phenoxy) is 6. The van der Waals surface area contributed by atoms with E-state index in [4.69, 9.17) is 28.4 Å². The molecule has 0 radical (unpaired) electrons. The monoisotopic (exact) mass is 501 g/mol. The summed E-state index contributed by atoms with van der Waals surface area (Å²) in [6.45, 7) is 8.31. The van der Waals surface area contributed by atoms with E-state index >= 15 is 0 Å². The standard InChI is InChI=1S/C26H28FNO6S/c1-25(2)30-13-18(32-25)20-21(22-24(31-20)34-26(3,4)33-22)29-12-14-5-7-15(8-6-14)23-28-17-10-9-16(27)11-19(17)35-23/h5-11,18,20-22,24H,12-13H2,1-4H3/t18-,20-,21+,22-,24-/m1/s1. The number of hydrogen-bond acceptors (Lipinski definition) is 8. The molecule has 3 fully saturated rings. The molecule has 35 heavy (non-hydrogen) atoms. The fourth-order valence-electron chi connectivity index (χ4n) is 4.83. The number of thiazole rings is 1. The predicted octanol–water partition coefficient (Wildman–Crippen LogP) is 5.02. The highest BCUT2D eigenvalue weighted by Crippen LogP contribution is 2.42. The number of hydrogen-bond donors (Lipinski definition) is 0. The largest absolute Gasteiger partial charge is 0.368 e. The van der Waals surface area contributed by atoms with Crippen molar-refractivity contribution >= 4 is 21.6 Å². The maximum Gasteiger partial charge on any atom is 0.190 e. The molecule has 3 aliphatic heterocycles. The van der Waals surface area contributed by atoms with Crippen LogP contribution in [0.4, 0.5) is 4.39 Å². The Morgan fingerprint density at radius 2 is 1.80 bits per heavy atom. The Morgan fingerprint density at radius 3 is 2.54 bits per heavy atom. The van der Waals surface area contributed by atoms with Gasteiger partial charge in [0.2, 0.25) is 0 Å². The molecule has 0 amide bonds. The van der Waals surface area contributed by atoms with Gasteiger partial charge in [-0.05, 0) is 51.5 Å². The van der Waals surface area contributed by atoms with Crippen LogP contribution in [-0.2, 0) is 35.0 Å². The average Bonchev–Trinajstić information content (AvgIpc) is 3.53. The summed E-state index contributed by atoms with van der Waals surface area (Å²) in [6.07, 6.45) is -1.89. The normalized spacial score (nSPS) is 31.3. The summed E-state index contributed by atoms with van der Waals surface area (Å²) < 4.78 is 50.8. The number of halogens is 1. The van der Waals surface area contributed by atoms with Crippen LogP contribution in [0.15, 0.2) is 42.5 Å². The number of aromatic nitrogens is 1. The lowest BCUT2D eigenvalue weighted by Gasteiger charge is -2.29. The minimum atomic E-state index is -0.740. The van der Waals surface area contributed by atoms with Gasteiger partial charge in [-0.3, -0.25) is 0 Å². The Morgan fingerprint density at radius 1 is 1.00 bits per heavy atom. The Balaban J connectivity index is 1.17. The maximum absolute atomic E-state index is 13.5. The lowest BCUT2D eigenvalue weighted by molar-refractivity contribution is -0.236. The van der Waals surface area contributed by atoms with Crippen LogP contribution < -0.4 is 0 Å². The van der Waals surface area contributed by atoms with E-state index in [2.05, 4.69) is 4.98 Å². The highest BCUT2D eigenvalue weighted by Gasteiger charge is 2.58. The molecule has 186 valence electrons. The molecule has 1 aromatic heterocycles. The van der Waals surface area contributed by atoms with E-state index in [-0.39, 0.29) is 30.2 Å². The van der Waals surface area contributed by atoms with Crippen LogP contribution in [0, 0.1) is 5.82 Å². The fraction of sp³-hybridized carbons (Fsp3) is 0.500. The zero-order valence-corrected chi connectivity index (χ0v) is 20.8. The molecule has 4 heterocycles. The van der Waals surface area contributed by atoms with Gasteiger partial charge in [0.05, 0.1) is 23.4 Å². The molecule has 0 bridgehead atoms. The molecule has 7 nitrogen and oxygen atoms in total. The number of nitrogens with zero attached hydrogens (tertiary/aromatic N) is 1. The van der Waals surface area contributed by atoms with Gasteiger partial charge in [-0.2, -0.15) is 0 Å². The van der Waals surface area contributed by atoms with Crippen LogP contribution in [0.5, 0.6) is 0 Å². The highest BCUT2D eigenvalue weighted by molar-refractivity contribution is 7.21. The van der Waals surface area contributed by atoms with Crippen molar-refractivity contribution in [2.75, 3.05) is 6.61 Å². The summed E-state index contributed by atoms with van der Waals surface area (Å²) >= 11 is 1.47. The lowest BCUT2D eigenvalue weighted by Crippen LogP contribution is -2.44. The third-order valence-corrected chi connectivity index (χ3v) is 7.48. The van der Waals surface area contributed by atoms with E-state index in [1.54, 1.807) is 6.07 Å². The van der Waals surface area contributed by atoms with Gasteiger partial charge < -0.3 is 28.4 Å². The number of fused-ring (bicyclic) bond motifs is 2. The first-order valence-electron chi connectivity index (χ1n) is 11.8. The van der Waals surface area contributed by atoms with Crippen molar-refractivity contribution in [3.05, 3.63) is 53.8 Å². The predicted molar refractivity (Wildman–Crippen MR) is 127 cm³/mol. The second-order valence-electron chi connectivity index (χ2n) is 10.0. The molecule has 0 spiro atoms. The second kappa shape index (κ2) is 8.55.